The van der Waals surface area contributed by atoms with Crippen LogP contribution in [0.4, 0.5) is 5.69 Å². The van der Waals surface area contributed by atoms with Gasteiger partial charge in [0.2, 0.25) is 0 Å². The minimum absolute atomic E-state index is 0.324. The van der Waals surface area contributed by atoms with Crippen LogP contribution in [0.5, 0.6) is 5.75 Å². The number of carboxylic acids is 1. The normalized spacial score (nSPS) is 18.4. The van der Waals surface area contributed by atoms with Crippen LogP contribution >= 0.6 is 11.8 Å². The zero-order chi connectivity index (χ0) is 14.0. The molecule has 0 saturated carbocycles. The zero-order valence-electron chi connectivity index (χ0n) is 10.3. The van der Waals surface area contributed by atoms with E-state index in [4.69, 9.17) is 15.6 Å². The number of benzene rings is 1. The average molecular weight is 282 g/mol. The molecular formula is C12H14N2O4S. The number of nitrogens with zero attached hydrogens (tertiary/aromatic N) is 1. The number of hydrogen-bond donors (Lipinski definition) is 2. The molecule has 1 saturated heterocycles. The molecule has 1 heterocycles. The molecule has 102 valence electrons. The van der Waals surface area contributed by atoms with E-state index in [-0.39, 0.29) is 5.91 Å². The standard InChI is InChI=1S/C12H14N2O4S/c1-18-10-4-7(13)2-3-8(10)11(15)14-6-19-5-9(14)12(16)17/h2-4,9H,5-6,13H2,1H3,(H,16,17)/t9-/m0/s1. The summed E-state index contributed by atoms with van der Waals surface area (Å²) in [6.45, 7) is 0. The number of thioether (sulfide) groups is 1. The van der Waals surface area contributed by atoms with Crippen molar-refractivity contribution in [3.05, 3.63) is 23.8 Å². The van der Waals surface area contributed by atoms with Crippen molar-refractivity contribution in [2.45, 2.75) is 6.04 Å². The molecule has 6 nitrogen and oxygen atoms in total. The molecule has 0 bridgehead atoms. The molecule has 0 radical (unpaired) electrons. The smallest absolute Gasteiger partial charge is 0.327 e. The maximum absolute atomic E-state index is 12.4. The largest absolute Gasteiger partial charge is 0.496 e. The highest BCUT2D eigenvalue weighted by molar-refractivity contribution is 7.99. The number of methoxy groups -OCH3 is 1. The molecule has 1 aliphatic rings. The summed E-state index contributed by atoms with van der Waals surface area (Å²) in [4.78, 5) is 24.8. The maximum atomic E-state index is 12.4. The molecule has 3 N–H and O–H groups in total. The lowest BCUT2D eigenvalue weighted by molar-refractivity contribution is -0.140. The fraction of sp³-hybridized carbons (Fsp3) is 0.333. The molecule has 19 heavy (non-hydrogen) atoms. The summed E-state index contributed by atoms with van der Waals surface area (Å²) in [6.07, 6.45) is 0. The molecule has 1 amide bonds. The minimum Gasteiger partial charge on any atom is -0.496 e. The van der Waals surface area contributed by atoms with E-state index in [1.807, 2.05) is 0 Å². The molecule has 1 fully saturated rings. The number of amides is 1. The van der Waals surface area contributed by atoms with Crippen molar-refractivity contribution in [2.24, 2.45) is 0 Å². The Kier molecular flexibility index (Phi) is 3.84. The van der Waals surface area contributed by atoms with Gasteiger partial charge in [0.15, 0.2) is 0 Å². The van der Waals surface area contributed by atoms with Crippen LogP contribution in [0.25, 0.3) is 0 Å². The molecule has 1 aromatic carbocycles. The molecule has 7 heteroatoms. The number of nitrogen functional groups attached to an aromatic ring is 1. The summed E-state index contributed by atoms with van der Waals surface area (Å²) in [6, 6.07) is 3.90. The summed E-state index contributed by atoms with van der Waals surface area (Å²) in [5.74, 6) is -0.227. The highest BCUT2D eigenvalue weighted by atomic mass is 32.2. The molecule has 0 spiro atoms. The van der Waals surface area contributed by atoms with Gasteiger partial charge in [-0.2, -0.15) is 0 Å². The number of carbonyl (C=O) groups excluding carboxylic acids is 1. The van der Waals surface area contributed by atoms with Crippen LogP contribution in [0.2, 0.25) is 0 Å². The highest BCUT2D eigenvalue weighted by Crippen LogP contribution is 2.28. The van der Waals surface area contributed by atoms with Gasteiger partial charge in [0.05, 0.1) is 18.6 Å². The summed E-state index contributed by atoms with van der Waals surface area (Å²) in [5, 5.41) is 9.09. The number of nitrogens with two attached hydrogens (primary N) is 1. The van der Waals surface area contributed by atoms with Crippen LogP contribution < -0.4 is 10.5 Å². The Morgan fingerprint density at radius 1 is 1.53 bits per heavy atom. The monoisotopic (exact) mass is 282 g/mol. The van der Waals surface area contributed by atoms with Crippen LogP contribution in [-0.2, 0) is 4.79 Å². The van der Waals surface area contributed by atoms with Gasteiger partial charge in [0.25, 0.3) is 5.91 Å². The maximum Gasteiger partial charge on any atom is 0.327 e. The number of anilines is 1. The first-order valence-electron chi connectivity index (χ1n) is 5.59. The van der Waals surface area contributed by atoms with Crippen molar-refractivity contribution in [3.63, 3.8) is 0 Å². The summed E-state index contributed by atoms with van der Waals surface area (Å²) < 4.78 is 5.12. The number of rotatable bonds is 3. The molecule has 1 aromatic rings. The van der Waals surface area contributed by atoms with Crippen LogP contribution in [0.3, 0.4) is 0 Å². The van der Waals surface area contributed by atoms with Gasteiger partial charge in [-0.25, -0.2) is 4.79 Å². The lowest BCUT2D eigenvalue weighted by Gasteiger charge is -2.21. The van der Waals surface area contributed by atoms with E-state index in [9.17, 15) is 9.59 Å². The van der Waals surface area contributed by atoms with Gasteiger partial charge in [0.1, 0.15) is 11.8 Å². The molecule has 0 unspecified atom stereocenters. The Hall–Kier alpha value is -1.89. The first kappa shape index (κ1) is 13.5. The highest BCUT2D eigenvalue weighted by Gasteiger charge is 2.35. The van der Waals surface area contributed by atoms with Crippen molar-refractivity contribution in [1.82, 2.24) is 4.90 Å². The Balaban J connectivity index is 2.31. The summed E-state index contributed by atoms with van der Waals surface area (Å²) in [7, 11) is 1.44. The van der Waals surface area contributed by atoms with Gasteiger partial charge >= 0.3 is 5.97 Å². The van der Waals surface area contributed by atoms with Crippen LogP contribution in [0.15, 0.2) is 18.2 Å². The molecule has 0 aromatic heterocycles. The van der Waals surface area contributed by atoms with Crippen LogP contribution in [0, 0.1) is 0 Å². The Morgan fingerprint density at radius 2 is 2.26 bits per heavy atom. The number of hydrogen-bond acceptors (Lipinski definition) is 5. The summed E-state index contributed by atoms with van der Waals surface area (Å²) in [5.41, 5.74) is 6.44. The van der Waals surface area contributed by atoms with Gasteiger partial charge < -0.3 is 20.5 Å². The number of aliphatic carboxylic acids is 1. The van der Waals surface area contributed by atoms with Gasteiger partial charge in [-0.05, 0) is 12.1 Å². The first-order chi connectivity index (χ1) is 9.04. The van der Waals surface area contributed by atoms with E-state index in [2.05, 4.69) is 0 Å². The van der Waals surface area contributed by atoms with E-state index in [0.29, 0.717) is 28.6 Å². The van der Waals surface area contributed by atoms with E-state index in [1.54, 1.807) is 18.2 Å². The third-order valence-electron chi connectivity index (χ3n) is 2.88. The quantitative estimate of drug-likeness (QED) is 0.799. The molecular weight excluding hydrogens is 268 g/mol. The first-order valence-corrected chi connectivity index (χ1v) is 6.75. The van der Waals surface area contributed by atoms with E-state index in [0.717, 1.165) is 0 Å². The van der Waals surface area contributed by atoms with Crippen molar-refractivity contribution >= 4 is 29.3 Å². The number of ether oxygens (including phenoxy) is 1. The Morgan fingerprint density at radius 3 is 2.89 bits per heavy atom. The SMILES string of the molecule is COc1cc(N)ccc1C(=O)N1CSC[C@H]1C(=O)O. The van der Waals surface area contributed by atoms with Crippen molar-refractivity contribution in [2.75, 3.05) is 24.5 Å². The lowest BCUT2D eigenvalue weighted by atomic mass is 10.1. The van der Waals surface area contributed by atoms with Crippen molar-refractivity contribution < 1.29 is 19.4 Å². The number of carboxylic acid groups (broad SMARTS) is 1. The fourth-order valence-electron chi connectivity index (χ4n) is 1.89. The Bertz CT molecular complexity index is 520. The predicted octanol–water partition coefficient (Wildman–Crippen LogP) is 0.877. The van der Waals surface area contributed by atoms with Gasteiger partial charge in [-0.15, -0.1) is 11.8 Å². The van der Waals surface area contributed by atoms with E-state index >= 15 is 0 Å². The molecule has 1 aliphatic heterocycles. The topological polar surface area (TPSA) is 92.9 Å². The van der Waals surface area contributed by atoms with E-state index in [1.165, 1.54) is 23.8 Å². The minimum atomic E-state index is -0.993. The molecule has 1 atom stereocenters. The molecule has 2 rings (SSSR count). The van der Waals surface area contributed by atoms with Crippen LogP contribution in [-0.4, -0.2) is 46.7 Å². The predicted molar refractivity (Wildman–Crippen MR) is 72.3 cm³/mol. The second kappa shape index (κ2) is 5.40. The third kappa shape index (κ3) is 2.60. The van der Waals surface area contributed by atoms with Crippen LogP contribution in [0.1, 0.15) is 10.4 Å². The lowest BCUT2D eigenvalue weighted by Crippen LogP contribution is -2.41. The zero-order valence-corrected chi connectivity index (χ0v) is 11.1. The van der Waals surface area contributed by atoms with Crippen molar-refractivity contribution in [1.29, 1.82) is 0 Å². The second-order valence-corrected chi connectivity index (χ2v) is 5.09. The van der Waals surface area contributed by atoms with E-state index < -0.39 is 12.0 Å². The summed E-state index contributed by atoms with van der Waals surface area (Å²) >= 11 is 1.42. The van der Waals surface area contributed by atoms with Gasteiger partial charge in [-0.3, -0.25) is 4.79 Å². The molecule has 0 aliphatic carbocycles. The van der Waals surface area contributed by atoms with Gasteiger partial charge in [0, 0.05) is 17.5 Å². The Labute approximate surface area is 114 Å². The van der Waals surface area contributed by atoms with Crippen molar-refractivity contribution in [3.8, 4) is 5.75 Å². The average Bonchev–Trinajstić information content (AvgIpc) is 2.87. The second-order valence-electron chi connectivity index (χ2n) is 4.09. The third-order valence-corrected chi connectivity index (χ3v) is 3.90. The number of carbonyl (C=O) groups is 2. The van der Waals surface area contributed by atoms with Gasteiger partial charge in [-0.1, -0.05) is 0 Å². The fourth-order valence-corrected chi connectivity index (χ4v) is 3.03.